The first kappa shape index (κ1) is 16.9. The van der Waals surface area contributed by atoms with E-state index in [2.05, 4.69) is 0 Å². The molecule has 3 aromatic rings. The Bertz CT molecular complexity index is 869. The Morgan fingerprint density at radius 1 is 1.16 bits per heavy atom. The minimum atomic E-state index is -0.200. The van der Waals surface area contributed by atoms with Crippen LogP contribution in [0.25, 0.3) is 22.3 Å². The van der Waals surface area contributed by atoms with Gasteiger partial charge in [0.05, 0.1) is 18.8 Å². The number of ether oxygens (including phenoxy) is 2. The van der Waals surface area contributed by atoms with Crippen molar-refractivity contribution >= 4 is 22.6 Å². The molecular weight excluding hydrogens is 318 g/mol. The quantitative estimate of drug-likeness (QED) is 0.392. The Kier molecular flexibility index (Phi) is 5.23. The molecule has 5 heteroatoms. The van der Waals surface area contributed by atoms with Crippen LogP contribution in [0.3, 0.4) is 0 Å². The first-order valence-corrected chi connectivity index (χ1v) is 8.34. The number of carbonyl (C=O) groups is 1. The van der Waals surface area contributed by atoms with Gasteiger partial charge >= 0.3 is 5.97 Å². The van der Waals surface area contributed by atoms with Crippen LogP contribution in [-0.2, 0) is 9.53 Å². The molecule has 0 aliphatic carbocycles. The highest BCUT2D eigenvalue weighted by atomic mass is 16.5. The van der Waals surface area contributed by atoms with Crippen molar-refractivity contribution in [3.05, 3.63) is 48.5 Å². The van der Waals surface area contributed by atoms with E-state index in [0.717, 1.165) is 28.0 Å². The number of nitrogens with two attached hydrogens (primary N) is 1. The van der Waals surface area contributed by atoms with Crippen LogP contribution in [0.5, 0.6) is 5.75 Å². The number of anilines is 1. The summed E-state index contributed by atoms with van der Waals surface area (Å²) in [5, 5.41) is 0.951. The molecule has 1 aromatic heterocycles. The summed E-state index contributed by atoms with van der Waals surface area (Å²) in [6, 6.07) is 15.2. The second-order valence-electron chi connectivity index (χ2n) is 5.66. The molecular formula is C20H21NO4. The zero-order chi connectivity index (χ0) is 17.6. The normalized spacial score (nSPS) is 10.8. The lowest BCUT2D eigenvalue weighted by Gasteiger charge is -2.09. The van der Waals surface area contributed by atoms with Crippen LogP contribution in [0.2, 0.25) is 0 Å². The number of fused-ring (bicyclic) bond motifs is 1. The van der Waals surface area contributed by atoms with Gasteiger partial charge in [0.15, 0.2) is 0 Å². The number of hydrogen-bond acceptors (Lipinski definition) is 5. The van der Waals surface area contributed by atoms with Crippen molar-refractivity contribution in [2.24, 2.45) is 0 Å². The van der Waals surface area contributed by atoms with Gasteiger partial charge in [-0.3, -0.25) is 4.79 Å². The molecule has 0 atom stereocenters. The van der Waals surface area contributed by atoms with Gasteiger partial charge in [0.1, 0.15) is 17.1 Å². The van der Waals surface area contributed by atoms with E-state index in [4.69, 9.17) is 19.6 Å². The predicted molar refractivity (Wildman–Crippen MR) is 97.4 cm³/mol. The van der Waals surface area contributed by atoms with Gasteiger partial charge < -0.3 is 19.6 Å². The van der Waals surface area contributed by atoms with Crippen LogP contribution in [0.4, 0.5) is 5.69 Å². The fraction of sp³-hybridized carbons (Fsp3) is 0.250. The first-order valence-electron chi connectivity index (χ1n) is 8.34. The van der Waals surface area contributed by atoms with E-state index in [-0.39, 0.29) is 5.97 Å². The summed E-state index contributed by atoms with van der Waals surface area (Å²) < 4.78 is 16.7. The van der Waals surface area contributed by atoms with E-state index in [1.165, 1.54) is 0 Å². The third-order valence-electron chi connectivity index (χ3n) is 3.78. The Hall–Kier alpha value is -2.95. The minimum absolute atomic E-state index is 0.200. The Morgan fingerprint density at radius 2 is 2.00 bits per heavy atom. The Balaban J connectivity index is 1.72. The fourth-order valence-corrected chi connectivity index (χ4v) is 2.62. The third kappa shape index (κ3) is 4.12. The molecule has 0 saturated carbocycles. The van der Waals surface area contributed by atoms with Crippen LogP contribution < -0.4 is 10.5 Å². The molecule has 3 rings (SSSR count). The van der Waals surface area contributed by atoms with E-state index in [1.807, 2.05) is 48.5 Å². The van der Waals surface area contributed by atoms with Crippen molar-refractivity contribution in [1.82, 2.24) is 0 Å². The maximum atomic E-state index is 11.4. The van der Waals surface area contributed by atoms with Crippen LogP contribution in [-0.4, -0.2) is 19.2 Å². The maximum Gasteiger partial charge on any atom is 0.305 e. The van der Waals surface area contributed by atoms with Crippen molar-refractivity contribution in [3.63, 3.8) is 0 Å². The minimum Gasteiger partial charge on any atom is -0.493 e. The molecule has 2 N–H and O–H groups in total. The molecule has 0 fully saturated rings. The predicted octanol–water partition coefficient (Wildman–Crippen LogP) is 4.40. The Morgan fingerprint density at radius 3 is 2.84 bits per heavy atom. The van der Waals surface area contributed by atoms with Gasteiger partial charge in [-0.05, 0) is 49.7 Å². The van der Waals surface area contributed by atoms with Gasteiger partial charge in [-0.1, -0.05) is 12.1 Å². The van der Waals surface area contributed by atoms with Crippen molar-refractivity contribution in [2.75, 3.05) is 18.9 Å². The number of benzene rings is 2. The summed E-state index contributed by atoms with van der Waals surface area (Å²) >= 11 is 0. The van der Waals surface area contributed by atoms with Crippen LogP contribution in [0.15, 0.2) is 52.9 Å². The van der Waals surface area contributed by atoms with E-state index < -0.39 is 0 Å². The molecule has 0 radical (unpaired) electrons. The summed E-state index contributed by atoms with van der Waals surface area (Å²) in [4.78, 5) is 11.4. The molecule has 0 aliphatic rings. The van der Waals surface area contributed by atoms with E-state index >= 15 is 0 Å². The van der Waals surface area contributed by atoms with Gasteiger partial charge in [-0.15, -0.1) is 0 Å². The summed E-state index contributed by atoms with van der Waals surface area (Å²) in [6.45, 7) is 2.63. The highest BCUT2D eigenvalue weighted by Gasteiger charge is 2.12. The van der Waals surface area contributed by atoms with Crippen LogP contribution in [0.1, 0.15) is 19.8 Å². The molecule has 1 heterocycles. The summed E-state index contributed by atoms with van der Waals surface area (Å²) in [7, 11) is 0. The molecule has 0 unspecified atom stereocenters. The molecule has 25 heavy (non-hydrogen) atoms. The number of rotatable bonds is 7. The highest BCUT2D eigenvalue weighted by Crippen LogP contribution is 2.34. The lowest BCUT2D eigenvalue weighted by Crippen LogP contribution is -2.07. The summed E-state index contributed by atoms with van der Waals surface area (Å²) in [5.74, 6) is 1.24. The fourth-order valence-electron chi connectivity index (χ4n) is 2.62. The van der Waals surface area contributed by atoms with Gasteiger partial charge in [-0.2, -0.15) is 0 Å². The standard InChI is InChI=1S/C20H21NO4/c1-2-23-20(22)8-5-11-24-18-7-4-3-6-16(18)19-13-14-12-15(21)9-10-17(14)25-19/h3-4,6-7,9-10,12-13H,2,5,8,11,21H2,1H3. The van der Waals surface area contributed by atoms with E-state index in [0.29, 0.717) is 31.7 Å². The van der Waals surface area contributed by atoms with Crippen molar-refractivity contribution in [3.8, 4) is 17.1 Å². The smallest absolute Gasteiger partial charge is 0.305 e. The molecule has 0 spiro atoms. The molecule has 0 amide bonds. The summed E-state index contributed by atoms with van der Waals surface area (Å²) in [6.07, 6.45) is 0.948. The monoisotopic (exact) mass is 339 g/mol. The second-order valence-corrected chi connectivity index (χ2v) is 5.66. The van der Waals surface area contributed by atoms with Gasteiger partial charge in [0.25, 0.3) is 0 Å². The summed E-state index contributed by atoms with van der Waals surface area (Å²) in [5.41, 5.74) is 8.17. The SMILES string of the molecule is CCOC(=O)CCCOc1ccccc1-c1cc2cc(N)ccc2o1. The molecule has 130 valence electrons. The van der Waals surface area contributed by atoms with Crippen molar-refractivity contribution in [1.29, 1.82) is 0 Å². The topological polar surface area (TPSA) is 74.7 Å². The molecule has 0 aliphatic heterocycles. The number of nitrogen functional groups attached to an aromatic ring is 1. The van der Waals surface area contributed by atoms with Crippen LogP contribution in [0, 0.1) is 0 Å². The molecule has 0 saturated heterocycles. The van der Waals surface area contributed by atoms with Gasteiger partial charge in [0, 0.05) is 17.5 Å². The average molecular weight is 339 g/mol. The van der Waals surface area contributed by atoms with E-state index in [9.17, 15) is 4.79 Å². The highest BCUT2D eigenvalue weighted by molar-refractivity contribution is 5.86. The maximum absolute atomic E-state index is 11.4. The molecule has 5 nitrogen and oxygen atoms in total. The van der Waals surface area contributed by atoms with Crippen molar-refractivity contribution in [2.45, 2.75) is 19.8 Å². The van der Waals surface area contributed by atoms with Gasteiger partial charge in [0.2, 0.25) is 0 Å². The average Bonchev–Trinajstić information content (AvgIpc) is 3.02. The lowest BCUT2D eigenvalue weighted by atomic mass is 10.1. The zero-order valence-corrected chi connectivity index (χ0v) is 14.2. The van der Waals surface area contributed by atoms with Gasteiger partial charge in [-0.25, -0.2) is 0 Å². The number of furan rings is 1. The largest absolute Gasteiger partial charge is 0.493 e. The number of carbonyl (C=O) groups excluding carboxylic acids is 1. The Labute approximate surface area is 146 Å². The van der Waals surface area contributed by atoms with Crippen molar-refractivity contribution < 1.29 is 18.7 Å². The van der Waals surface area contributed by atoms with E-state index in [1.54, 1.807) is 6.92 Å². The third-order valence-corrected chi connectivity index (χ3v) is 3.78. The molecule has 2 aromatic carbocycles. The second kappa shape index (κ2) is 7.75. The first-order chi connectivity index (χ1) is 12.2. The number of hydrogen-bond donors (Lipinski definition) is 1. The number of esters is 1. The zero-order valence-electron chi connectivity index (χ0n) is 14.2. The lowest BCUT2D eigenvalue weighted by molar-refractivity contribution is -0.143. The number of para-hydroxylation sites is 1. The van der Waals surface area contributed by atoms with Crippen LogP contribution >= 0.6 is 0 Å². The molecule has 0 bridgehead atoms.